The Kier molecular flexibility index (Phi) is 4.92. The highest BCUT2D eigenvalue weighted by Crippen LogP contribution is 2.39. The number of halogens is 1. The zero-order valence-electron chi connectivity index (χ0n) is 16.4. The van der Waals surface area contributed by atoms with E-state index in [2.05, 4.69) is 29.2 Å². The summed E-state index contributed by atoms with van der Waals surface area (Å²) < 4.78 is 0. The topological polar surface area (TPSA) is 40.6 Å². The lowest BCUT2D eigenvalue weighted by atomic mass is 9.90. The molecule has 0 N–H and O–H groups in total. The van der Waals surface area contributed by atoms with E-state index in [1.54, 1.807) is 18.2 Å². The molecule has 1 amide bonds. The molecule has 2 aromatic carbocycles. The van der Waals surface area contributed by atoms with Gasteiger partial charge in [-0.3, -0.25) is 9.59 Å². The van der Waals surface area contributed by atoms with Crippen molar-refractivity contribution in [2.45, 2.75) is 37.6 Å². The molecule has 1 saturated heterocycles. The minimum Gasteiger partial charge on any atom is -0.333 e. The first-order valence-electron chi connectivity index (χ1n) is 10.5. The van der Waals surface area contributed by atoms with Gasteiger partial charge in [0, 0.05) is 30.1 Å². The van der Waals surface area contributed by atoms with Crippen LogP contribution in [0.1, 0.15) is 58.3 Å². The molecule has 0 unspecified atom stereocenters. The summed E-state index contributed by atoms with van der Waals surface area (Å²) in [6.45, 7) is 3.77. The molecule has 150 valence electrons. The maximum Gasteiger partial charge on any atom is 0.231 e. The highest BCUT2D eigenvalue weighted by atomic mass is 35.5. The SMILES string of the molecule is O=C1C[C@H](C(=O)N2CCc3ccccc3[C@H]2CN2CCCC2)c2cc(Cl)ccc21. The fraction of sp³-hybridized carbons (Fsp3) is 0.417. The van der Waals surface area contributed by atoms with Crippen LogP contribution in [0.3, 0.4) is 0 Å². The maximum absolute atomic E-state index is 13.7. The number of ketones is 1. The third-order valence-corrected chi connectivity index (χ3v) is 6.94. The van der Waals surface area contributed by atoms with E-state index in [0.717, 1.165) is 31.6 Å². The summed E-state index contributed by atoms with van der Waals surface area (Å²) in [5, 5.41) is 0.578. The van der Waals surface area contributed by atoms with Crippen molar-refractivity contribution in [3.8, 4) is 0 Å². The van der Waals surface area contributed by atoms with E-state index in [0.29, 0.717) is 17.1 Å². The number of likely N-dealkylation sites (tertiary alicyclic amines) is 1. The average molecular weight is 409 g/mol. The second-order valence-corrected chi connectivity index (χ2v) is 8.85. The van der Waals surface area contributed by atoms with E-state index in [9.17, 15) is 9.59 Å². The minimum atomic E-state index is -0.414. The molecule has 2 aliphatic heterocycles. The lowest BCUT2D eigenvalue weighted by Crippen LogP contribution is -2.46. The number of Topliss-reactive ketones (excluding diaryl/α,β-unsaturated/α-hetero) is 1. The quantitative estimate of drug-likeness (QED) is 0.763. The summed E-state index contributed by atoms with van der Waals surface area (Å²) in [5.41, 5.74) is 4.05. The fourth-order valence-corrected chi connectivity index (χ4v) is 5.40. The zero-order chi connectivity index (χ0) is 20.0. The van der Waals surface area contributed by atoms with Crippen LogP contribution in [0.5, 0.6) is 0 Å². The van der Waals surface area contributed by atoms with Gasteiger partial charge in [0.25, 0.3) is 0 Å². The first kappa shape index (κ1) is 18.8. The number of hydrogen-bond acceptors (Lipinski definition) is 3. The van der Waals surface area contributed by atoms with Crippen molar-refractivity contribution in [1.82, 2.24) is 9.80 Å². The monoisotopic (exact) mass is 408 g/mol. The average Bonchev–Trinajstić information content (AvgIpc) is 3.35. The maximum atomic E-state index is 13.7. The van der Waals surface area contributed by atoms with Crippen LogP contribution in [0.25, 0.3) is 0 Å². The van der Waals surface area contributed by atoms with Gasteiger partial charge in [-0.2, -0.15) is 0 Å². The van der Waals surface area contributed by atoms with Crippen LogP contribution in [0.4, 0.5) is 0 Å². The van der Waals surface area contributed by atoms with E-state index in [1.165, 1.54) is 24.0 Å². The van der Waals surface area contributed by atoms with Crippen molar-refractivity contribution in [3.05, 3.63) is 69.7 Å². The molecule has 2 atom stereocenters. The third-order valence-electron chi connectivity index (χ3n) is 6.70. The van der Waals surface area contributed by atoms with Crippen LogP contribution in [-0.4, -0.2) is 47.7 Å². The molecule has 0 saturated carbocycles. The van der Waals surface area contributed by atoms with Crippen LogP contribution in [0, 0.1) is 0 Å². The van der Waals surface area contributed by atoms with Crippen LogP contribution in [0.15, 0.2) is 42.5 Å². The molecular formula is C24H25ClN2O2. The molecule has 1 aliphatic carbocycles. The highest BCUT2D eigenvalue weighted by Gasteiger charge is 2.40. The number of fused-ring (bicyclic) bond motifs is 2. The lowest BCUT2D eigenvalue weighted by molar-refractivity contribution is -0.136. The molecule has 5 rings (SSSR count). The van der Waals surface area contributed by atoms with Crippen LogP contribution in [0.2, 0.25) is 5.02 Å². The second kappa shape index (κ2) is 7.58. The van der Waals surface area contributed by atoms with Crippen LogP contribution in [-0.2, 0) is 11.2 Å². The van der Waals surface area contributed by atoms with Gasteiger partial charge < -0.3 is 9.80 Å². The summed E-state index contributed by atoms with van der Waals surface area (Å²) in [6, 6.07) is 13.8. The number of nitrogens with zero attached hydrogens (tertiary/aromatic N) is 2. The predicted molar refractivity (Wildman–Crippen MR) is 113 cm³/mol. The van der Waals surface area contributed by atoms with Gasteiger partial charge in [-0.05, 0) is 67.2 Å². The van der Waals surface area contributed by atoms with Gasteiger partial charge in [0.1, 0.15) is 0 Å². The molecule has 29 heavy (non-hydrogen) atoms. The lowest BCUT2D eigenvalue weighted by Gasteiger charge is -2.40. The Labute approximate surface area is 176 Å². The van der Waals surface area contributed by atoms with E-state index in [4.69, 9.17) is 11.6 Å². The van der Waals surface area contributed by atoms with Gasteiger partial charge >= 0.3 is 0 Å². The van der Waals surface area contributed by atoms with Crippen molar-refractivity contribution in [3.63, 3.8) is 0 Å². The summed E-state index contributed by atoms with van der Waals surface area (Å²) >= 11 is 6.19. The Bertz CT molecular complexity index is 967. The summed E-state index contributed by atoms with van der Waals surface area (Å²) in [6.07, 6.45) is 3.57. The van der Waals surface area contributed by atoms with Crippen molar-refractivity contribution < 1.29 is 9.59 Å². The molecule has 0 bridgehead atoms. The van der Waals surface area contributed by atoms with E-state index in [1.807, 2.05) is 4.90 Å². The van der Waals surface area contributed by atoms with E-state index in [-0.39, 0.29) is 24.2 Å². The molecule has 5 heteroatoms. The Balaban J connectivity index is 1.48. The fourth-order valence-electron chi connectivity index (χ4n) is 5.22. The van der Waals surface area contributed by atoms with Crippen LogP contribution < -0.4 is 0 Å². The Morgan fingerprint density at radius 2 is 1.83 bits per heavy atom. The molecule has 0 aromatic heterocycles. The molecule has 3 aliphatic rings. The number of carbonyl (C=O) groups is 2. The Hall–Kier alpha value is -2.17. The normalized spacial score (nSPS) is 23.9. The first-order valence-corrected chi connectivity index (χ1v) is 10.9. The van der Waals surface area contributed by atoms with Crippen molar-refractivity contribution in [2.24, 2.45) is 0 Å². The molecule has 2 heterocycles. The highest BCUT2D eigenvalue weighted by molar-refractivity contribution is 6.31. The Morgan fingerprint density at radius 1 is 1.03 bits per heavy atom. The Morgan fingerprint density at radius 3 is 2.66 bits per heavy atom. The zero-order valence-corrected chi connectivity index (χ0v) is 17.2. The standard InChI is InChI=1S/C24H25ClN2O2/c25-17-7-8-19-20(13-17)21(14-23(19)28)24(29)27-12-9-16-5-1-2-6-18(16)22(27)15-26-10-3-4-11-26/h1-2,5-8,13,21-22H,3-4,9-12,14-15H2/t21-,22+/m0/s1. The smallest absolute Gasteiger partial charge is 0.231 e. The third kappa shape index (κ3) is 3.38. The number of hydrogen-bond donors (Lipinski definition) is 0. The van der Waals surface area contributed by atoms with Gasteiger partial charge in [-0.1, -0.05) is 35.9 Å². The van der Waals surface area contributed by atoms with Gasteiger partial charge in [0.15, 0.2) is 5.78 Å². The van der Waals surface area contributed by atoms with Crippen molar-refractivity contribution in [1.29, 1.82) is 0 Å². The molecular weight excluding hydrogens is 384 g/mol. The number of amides is 1. The molecule has 0 radical (unpaired) electrons. The number of carbonyl (C=O) groups excluding carboxylic acids is 2. The summed E-state index contributed by atoms with van der Waals surface area (Å²) in [4.78, 5) is 30.7. The second-order valence-electron chi connectivity index (χ2n) is 8.42. The molecule has 1 fully saturated rings. The number of rotatable bonds is 3. The largest absolute Gasteiger partial charge is 0.333 e. The first-order chi connectivity index (χ1) is 14.1. The summed E-state index contributed by atoms with van der Waals surface area (Å²) in [5.74, 6) is -0.302. The van der Waals surface area contributed by atoms with Gasteiger partial charge in [0.2, 0.25) is 5.91 Å². The van der Waals surface area contributed by atoms with Gasteiger partial charge in [0.05, 0.1) is 12.0 Å². The van der Waals surface area contributed by atoms with Gasteiger partial charge in [-0.25, -0.2) is 0 Å². The number of benzene rings is 2. The van der Waals surface area contributed by atoms with Crippen molar-refractivity contribution >= 4 is 23.3 Å². The molecule has 2 aromatic rings. The van der Waals surface area contributed by atoms with Crippen molar-refractivity contribution in [2.75, 3.05) is 26.2 Å². The minimum absolute atomic E-state index is 0.0449. The molecule has 4 nitrogen and oxygen atoms in total. The van der Waals surface area contributed by atoms with Gasteiger partial charge in [-0.15, -0.1) is 0 Å². The summed E-state index contributed by atoms with van der Waals surface area (Å²) in [7, 11) is 0. The van der Waals surface area contributed by atoms with Crippen LogP contribution >= 0.6 is 11.6 Å². The molecule has 0 spiro atoms. The van der Waals surface area contributed by atoms with E-state index < -0.39 is 5.92 Å². The predicted octanol–water partition coefficient (Wildman–Crippen LogP) is 4.23. The van der Waals surface area contributed by atoms with E-state index >= 15 is 0 Å².